The zero-order chi connectivity index (χ0) is 16.2. The maximum absolute atomic E-state index is 13.5. The van der Waals surface area contributed by atoms with Crippen LogP contribution < -0.4 is 10.2 Å². The van der Waals surface area contributed by atoms with Gasteiger partial charge in [-0.25, -0.2) is 14.2 Å². The first kappa shape index (κ1) is 15.6. The summed E-state index contributed by atoms with van der Waals surface area (Å²) in [5, 5.41) is 3.47. The van der Waals surface area contributed by atoms with Gasteiger partial charge in [-0.1, -0.05) is 6.92 Å². The highest BCUT2D eigenvalue weighted by molar-refractivity contribution is 7.09. The van der Waals surface area contributed by atoms with Gasteiger partial charge in [0.05, 0.1) is 11.9 Å². The summed E-state index contributed by atoms with van der Waals surface area (Å²) in [5.41, 5.74) is 0.143. The van der Waals surface area contributed by atoms with Crippen LogP contribution >= 0.6 is 11.5 Å². The lowest BCUT2D eigenvalue weighted by atomic mass is 10.3. The minimum atomic E-state index is -0.541. The Balaban J connectivity index is 1.56. The summed E-state index contributed by atoms with van der Waals surface area (Å²) in [6.45, 7) is 4.50. The van der Waals surface area contributed by atoms with Gasteiger partial charge in [-0.15, -0.1) is 0 Å². The van der Waals surface area contributed by atoms with E-state index in [4.69, 9.17) is 0 Å². The summed E-state index contributed by atoms with van der Waals surface area (Å²) in [6.07, 6.45) is 3.34. The monoisotopic (exact) mass is 336 g/mol. The second kappa shape index (κ2) is 6.86. The number of hydrogen-bond donors (Lipinski definition) is 1. The quantitative estimate of drug-likeness (QED) is 0.928. The topological polar surface area (TPSA) is 74.2 Å². The van der Waals surface area contributed by atoms with E-state index in [1.807, 2.05) is 6.92 Å². The molecule has 2 aromatic rings. The Hall–Kier alpha value is -2.29. The van der Waals surface area contributed by atoms with Crippen LogP contribution in [0.1, 0.15) is 12.7 Å². The smallest absolute Gasteiger partial charge is 0.322 e. The summed E-state index contributed by atoms with van der Waals surface area (Å²) >= 11 is 1.38. The van der Waals surface area contributed by atoms with Crippen LogP contribution in [0.3, 0.4) is 0 Å². The van der Waals surface area contributed by atoms with Crippen LogP contribution in [0.25, 0.3) is 0 Å². The molecule has 23 heavy (non-hydrogen) atoms. The molecule has 9 heteroatoms. The van der Waals surface area contributed by atoms with Crippen molar-refractivity contribution in [3.63, 3.8) is 0 Å². The van der Waals surface area contributed by atoms with Crippen molar-refractivity contribution in [2.45, 2.75) is 13.3 Å². The largest absolute Gasteiger partial charge is 0.343 e. The van der Waals surface area contributed by atoms with Gasteiger partial charge < -0.3 is 15.1 Å². The van der Waals surface area contributed by atoms with Gasteiger partial charge in [0.15, 0.2) is 5.82 Å². The second-order valence-corrected chi connectivity index (χ2v) is 5.84. The Morgan fingerprint density at radius 2 is 2.17 bits per heavy atom. The van der Waals surface area contributed by atoms with E-state index < -0.39 is 5.82 Å². The SMILES string of the molecule is CCc1nsc(N2CCN(C(=O)Nc3ccncc3F)CC2)n1. The first-order valence-electron chi connectivity index (χ1n) is 7.40. The minimum absolute atomic E-state index is 0.143. The molecule has 1 fully saturated rings. The zero-order valence-electron chi connectivity index (χ0n) is 12.7. The van der Waals surface area contributed by atoms with E-state index in [2.05, 4.69) is 24.6 Å². The molecule has 3 heterocycles. The van der Waals surface area contributed by atoms with Crippen molar-refractivity contribution in [3.05, 3.63) is 30.1 Å². The molecule has 7 nitrogen and oxygen atoms in total. The lowest BCUT2D eigenvalue weighted by Gasteiger charge is -2.34. The minimum Gasteiger partial charge on any atom is -0.343 e. The van der Waals surface area contributed by atoms with E-state index in [0.717, 1.165) is 23.6 Å². The second-order valence-electron chi connectivity index (χ2n) is 5.11. The summed E-state index contributed by atoms with van der Waals surface area (Å²) in [4.78, 5) is 24.1. The summed E-state index contributed by atoms with van der Waals surface area (Å²) in [6, 6.07) is 1.14. The van der Waals surface area contributed by atoms with Crippen LogP contribution in [0.5, 0.6) is 0 Å². The molecule has 0 spiro atoms. The van der Waals surface area contributed by atoms with E-state index in [9.17, 15) is 9.18 Å². The van der Waals surface area contributed by atoms with Crippen molar-refractivity contribution in [2.75, 3.05) is 36.4 Å². The first-order valence-corrected chi connectivity index (χ1v) is 8.17. The maximum Gasteiger partial charge on any atom is 0.322 e. The molecule has 1 N–H and O–H groups in total. The molecule has 1 saturated heterocycles. The fraction of sp³-hybridized carbons (Fsp3) is 0.429. The molecule has 0 aliphatic carbocycles. The van der Waals surface area contributed by atoms with Crippen molar-refractivity contribution in [1.29, 1.82) is 0 Å². The summed E-state index contributed by atoms with van der Waals surface area (Å²) in [7, 11) is 0. The number of piperazine rings is 1. The number of nitrogens with one attached hydrogen (secondary N) is 1. The number of carbonyl (C=O) groups excluding carboxylic acids is 1. The van der Waals surface area contributed by atoms with Crippen LogP contribution in [0.4, 0.5) is 20.0 Å². The lowest BCUT2D eigenvalue weighted by Crippen LogP contribution is -2.50. The molecule has 0 atom stereocenters. The molecule has 2 amide bonds. The van der Waals surface area contributed by atoms with Crippen LogP contribution in [-0.4, -0.2) is 51.5 Å². The summed E-state index contributed by atoms with van der Waals surface area (Å²) in [5.74, 6) is 0.304. The van der Waals surface area contributed by atoms with Crippen LogP contribution in [0.15, 0.2) is 18.5 Å². The highest BCUT2D eigenvalue weighted by Crippen LogP contribution is 2.20. The van der Waals surface area contributed by atoms with Crippen LogP contribution in [0.2, 0.25) is 0 Å². The predicted molar refractivity (Wildman–Crippen MR) is 86.3 cm³/mol. The number of hydrogen-bond acceptors (Lipinski definition) is 6. The average molecular weight is 336 g/mol. The number of nitrogens with zero attached hydrogens (tertiary/aromatic N) is 5. The van der Waals surface area contributed by atoms with Crippen molar-refractivity contribution in [2.24, 2.45) is 0 Å². The molecule has 1 aliphatic heterocycles. The molecule has 0 unspecified atom stereocenters. The van der Waals surface area contributed by atoms with E-state index in [1.165, 1.54) is 23.8 Å². The highest BCUT2D eigenvalue weighted by atomic mass is 32.1. The third-order valence-corrected chi connectivity index (χ3v) is 4.44. The standard InChI is InChI=1S/C14H17FN6OS/c1-2-12-18-14(23-19-12)21-7-5-20(6-8-21)13(22)17-11-3-4-16-9-10(11)15/h3-4,9H,2,5-8H2,1H3,(H,16,17,22). The van der Waals surface area contributed by atoms with Gasteiger partial charge in [0.1, 0.15) is 5.82 Å². The molecule has 122 valence electrons. The highest BCUT2D eigenvalue weighted by Gasteiger charge is 2.23. The Labute approximate surface area is 137 Å². The Kier molecular flexibility index (Phi) is 4.65. The third-order valence-electron chi connectivity index (χ3n) is 3.63. The fourth-order valence-electron chi connectivity index (χ4n) is 2.29. The average Bonchev–Trinajstić information content (AvgIpc) is 3.06. The number of aromatic nitrogens is 3. The zero-order valence-corrected chi connectivity index (χ0v) is 13.5. The van der Waals surface area contributed by atoms with Gasteiger partial charge in [0, 0.05) is 50.3 Å². The number of anilines is 2. The molecular weight excluding hydrogens is 319 g/mol. The van der Waals surface area contributed by atoms with E-state index in [-0.39, 0.29) is 11.7 Å². The van der Waals surface area contributed by atoms with Gasteiger partial charge in [-0.05, 0) is 6.07 Å². The van der Waals surface area contributed by atoms with E-state index in [0.29, 0.717) is 26.2 Å². The Morgan fingerprint density at radius 3 is 2.83 bits per heavy atom. The number of carbonyl (C=O) groups is 1. The fourth-order valence-corrected chi connectivity index (χ4v) is 3.09. The van der Waals surface area contributed by atoms with E-state index in [1.54, 1.807) is 4.90 Å². The maximum atomic E-state index is 13.5. The van der Waals surface area contributed by atoms with Crippen molar-refractivity contribution >= 4 is 28.4 Å². The van der Waals surface area contributed by atoms with E-state index >= 15 is 0 Å². The first-order chi connectivity index (χ1) is 11.2. The molecule has 0 saturated carbocycles. The Morgan fingerprint density at radius 1 is 1.39 bits per heavy atom. The van der Waals surface area contributed by atoms with Gasteiger partial charge in [-0.3, -0.25) is 4.98 Å². The van der Waals surface area contributed by atoms with Gasteiger partial charge in [-0.2, -0.15) is 4.37 Å². The van der Waals surface area contributed by atoms with Gasteiger partial charge in [0.25, 0.3) is 0 Å². The van der Waals surface area contributed by atoms with Crippen molar-refractivity contribution in [3.8, 4) is 0 Å². The number of urea groups is 1. The lowest BCUT2D eigenvalue weighted by molar-refractivity contribution is 0.208. The number of amides is 2. The number of pyridine rings is 1. The number of rotatable bonds is 3. The van der Waals surface area contributed by atoms with Gasteiger partial charge >= 0.3 is 6.03 Å². The van der Waals surface area contributed by atoms with Gasteiger partial charge in [0.2, 0.25) is 5.13 Å². The normalized spacial score (nSPS) is 14.9. The summed E-state index contributed by atoms with van der Waals surface area (Å²) < 4.78 is 17.8. The molecular formula is C14H17FN6OS. The predicted octanol–water partition coefficient (Wildman–Crippen LogP) is 1.99. The molecule has 0 aromatic carbocycles. The third kappa shape index (κ3) is 3.55. The van der Waals surface area contributed by atoms with Crippen LogP contribution in [0, 0.1) is 5.82 Å². The molecule has 0 radical (unpaired) electrons. The Bertz CT molecular complexity index is 685. The number of aryl methyl sites for hydroxylation is 1. The molecule has 1 aliphatic rings. The number of halogens is 1. The van der Waals surface area contributed by atoms with Crippen molar-refractivity contribution < 1.29 is 9.18 Å². The van der Waals surface area contributed by atoms with Crippen LogP contribution in [-0.2, 0) is 6.42 Å². The van der Waals surface area contributed by atoms with Crippen molar-refractivity contribution in [1.82, 2.24) is 19.2 Å². The molecule has 3 rings (SSSR count). The molecule has 0 bridgehead atoms. The molecule has 2 aromatic heterocycles.